The van der Waals surface area contributed by atoms with E-state index < -0.39 is 5.41 Å². The Balaban J connectivity index is 1.08. The highest BCUT2D eigenvalue weighted by atomic mass is 32.1. The van der Waals surface area contributed by atoms with Crippen molar-refractivity contribution in [2.75, 3.05) is 4.90 Å². The van der Waals surface area contributed by atoms with Gasteiger partial charge in [0.2, 0.25) is 0 Å². The summed E-state index contributed by atoms with van der Waals surface area (Å²) >= 11 is 1.87. The van der Waals surface area contributed by atoms with Gasteiger partial charge in [-0.3, -0.25) is 0 Å². The number of anilines is 3. The molecule has 1 spiro atoms. The molecular weight excluding hydrogens is 779 g/mol. The van der Waals surface area contributed by atoms with Crippen LogP contribution in [0.1, 0.15) is 22.3 Å². The van der Waals surface area contributed by atoms with E-state index in [4.69, 9.17) is 0 Å². The SMILES string of the molecule is c1cc(-c2cccc3sc4ccccc4c23)cc(N(c2ccc3c4ccccc4c4ccccc4c3c2)c2cccc3c2-c2ccccc2C32c3ccccc3-c3ccccc32)c1. The van der Waals surface area contributed by atoms with Gasteiger partial charge in [-0.1, -0.05) is 182 Å². The van der Waals surface area contributed by atoms with Crippen molar-refractivity contribution in [3.05, 3.63) is 247 Å². The summed E-state index contributed by atoms with van der Waals surface area (Å²) in [5.41, 5.74) is 16.0. The van der Waals surface area contributed by atoms with Gasteiger partial charge in [-0.15, -0.1) is 11.3 Å². The Kier molecular flexibility index (Phi) is 7.26. The molecule has 2 aliphatic rings. The Labute approximate surface area is 369 Å². The maximum absolute atomic E-state index is 2.54. The molecule has 292 valence electrons. The average Bonchev–Trinajstić information content (AvgIpc) is 3.99. The molecule has 14 rings (SSSR count). The van der Waals surface area contributed by atoms with Crippen molar-refractivity contribution >= 4 is 80.9 Å². The number of hydrogen-bond acceptors (Lipinski definition) is 2. The van der Waals surface area contributed by atoms with E-state index in [-0.39, 0.29) is 0 Å². The molecule has 11 aromatic carbocycles. The van der Waals surface area contributed by atoms with Gasteiger partial charge in [-0.25, -0.2) is 0 Å². The first-order valence-electron chi connectivity index (χ1n) is 21.8. The minimum atomic E-state index is -0.448. The molecular formula is C61H37NS. The van der Waals surface area contributed by atoms with Crippen LogP contribution in [0.2, 0.25) is 0 Å². The van der Waals surface area contributed by atoms with Crippen molar-refractivity contribution < 1.29 is 0 Å². The smallest absolute Gasteiger partial charge is 0.0726 e. The molecule has 0 saturated heterocycles. The first kappa shape index (κ1) is 34.9. The van der Waals surface area contributed by atoms with E-state index in [0.29, 0.717) is 0 Å². The van der Waals surface area contributed by atoms with Crippen LogP contribution in [0.15, 0.2) is 224 Å². The summed E-state index contributed by atoms with van der Waals surface area (Å²) in [5.74, 6) is 0. The van der Waals surface area contributed by atoms with Gasteiger partial charge in [0.25, 0.3) is 0 Å². The monoisotopic (exact) mass is 815 g/mol. The summed E-state index contributed by atoms with van der Waals surface area (Å²) in [7, 11) is 0. The molecule has 12 aromatic rings. The van der Waals surface area contributed by atoms with Gasteiger partial charge in [0.1, 0.15) is 0 Å². The zero-order valence-corrected chi connectivity index (χ0v) is 35.0. The van der Waals surface area contributed by atoms with Crippen LogP contribution in [0, 0.1) is 0 Å². The van der Waals surface area contributed by atoms with Crippen molar-refractivity contribution in [1.82, 2.24) is 0 Å². The van der Waals surface area contributed by atoms with Crippen molar-refractivity contribution in [2.45, 2.75) is 5.41 Å². The fourth-order valence-corrected chi connectivity index (χ4v) is 12.7. The van der Waals surface area contributed by atoms with Crippen LogP contribution in [-0.2, 0) is 5.41 Å². The molecule has 0 radical (unpaired) electrons. The minimum Gasteiger partial charge on any atom is -0.310 e. The molecule has 0 unspecified atom stereocenters. The molecule has 0 N–H and O–H groups in total. The standard InChI is InChI=1S/C61H37NS/c1-2-20-44-42(18-1)43-19-3-4-21-45(43)51-37-40(34-35-46(44)51)62(39-17-13-16-38(36-39)41-26-14-33-58-59(41)50-25-8-12-32-57(50)63-58)56-31-15-30-55-60(56)49-24-7-11-29-54(49)61(55)52-27-9-5-22-47(52)48-23-6-10-28-53(48)61/h1-37H. The van der Waals surface area contributed by atoms with Crippen molar-refractivity contribution in [1.29, 1.82) is 0 Å². The van der Waals surface area contributed by atoms with Crippen LogP contribution < -0.4 is 4.90 Å². The van der Waals surface area contributed by atoms with Crippen LogP contribution in [0.4, 0.5) is 17.1 Å². The highest BCUT2D eigenvalue weighted by Gasteiger charge is 2.52. The first-order chi connectivity index (χ1) is 31.3. The number of nitrogens with zero attached hydrogens (tertiary/aromatic N) is 1. The van der Waals surface area contributed by atoms with Crippen molar-refractivity contribution in [3.8, 4) is 33.4 Å². The molecule has 63 heavy (non-hydrogen) atoms. The summed E-state index contributed by atoms with van der Waals surface area (Å²) in [6, 6.07) is 84.2. The topological polar surface area (TPSA) is 3.24 Å². The number of hydrogen-bond donors (Lipinski definition) is 0. The normalized spacial score (nSPS) is 13.2. The van der Waals surface area contributed by atoms with E-state index in [2.05, 4.69) is 229 Å². The Morgan fingerprint density at radius 3 is 1.52 bits per heavy atom. The quantitative estimate of drug-likeness (QED) is 0.160. The van der Waals surface area contributed by atoms with E-state index >= 15 is 0 Å². The molecule has 1 aromatic heterocycles. The third kappa shape index (κ3) is 4.71. The second-order valence-corrected chi connectivity index (χ2v) is 18.2. The first-order valence-corrected chi connectivity index (χ1v) is 22.7. The molecule has 0 atom stereocenters. The van der Waals surface area contributed by atoms with E-state index in [1.54, 1.807) is 0 Å². The lowest BCUT2D eigenvalue weighted by Gasteiger charge is -2.32. The zero-order chi connectivity index (χ0) is 41.2. The summed E-state index contributed by atoms with van der Waals surface area (Å²) in [6.07, 6.45) is 0. The Bertz CT molecular complexity index is 3810. The van der Waals surface area contributed by atoms with Crippen LogP contribution in [0.25, 0.3) is 85.9 Å². The number of benzene rings is 11. The summed E-state index contributed by atoms with van der Waals surface area (Å²) in [5, 5.41) is 10.2. The lowest BCUT2D eigenvalue weighted by Crippen LogP contribution is -2.26. The van der Waals surface area contributed by atoms with Gasteiger partial charge < -0.3 is 4.90 Å². The van der Waals surface area contributed by atoms with Crippen LogP contribution in [0.3, 0.4) is 0 Å². The van der Waals surface area contributed by atoms with Crippen LogP contribution >= 0.6 is 11.3 Å². The average molecular weight is 816 g/mol. The predicted molar refractivity (Wildman–Crippen MR) is 268 cm³/mol. The molecule has 1 nitrogen and oxygen atoms in total. The molecule has 0 aliphatic heterocycles. The van der Waals surface area contributed by atoms with Crippen molar-refractivity contribution in [3.63, 3.8) is 0 Å². The van der Waals surface area contributed by atoms with Gasteiger partial charge >= 0.3 is 0 Å². The van der Waals surface area contributed by atoms with Crippen LogP contribution in [-0.4, -0.2) is 0 Å². The molecule has 2 heteroatoms. The molecule has 0 fully saturated rings. The Morgan fingerprint density at radius 2 is 0.810 bits per heavy atom. The largest absolute Gasteiger partial charge is 0.310 e. The van der Waals surface area contributed by atoms with Gasteiger partial charge in [-0.05, 0) is 125 Å². The molecule has 0 bridgehead atoms. The zero-order valence-electron chi connectivity index (χ0n) is 34.2. The maximum atomic E-state index is 2.54. The fourth-order valence-electron chi connectivity index (χ4n) is 11.6. The number of fused-ring (bicyclic) bond motifs is 19. The summed E-state index contributed by atoms with van der Waals surface area (Å²) in [4.78, 5) is 2.54. The summed E-state index contributed by atoms with van der Waals surface area (Å²) < 4.78 is 2.63. The Hall–Kier alpha value is -7.78. The molecule has 1 heterocycles. The molecule has 2 aliphatic carbocycles. The lowest BCUT2D eigenvalue weighted by atomic mass is 9.70. The summed E-state index contributed by atoms with van der Waals surface area (Å²) in [6.45, 7) is 0. The molecule has 0 saturated carbocycles. The van der Waals surface area contributed by atoms with Gasteiger partial charge in [0.15, 0.2) is 0 Å². The van der Waals surface area contributed by atoms with Gasteiger partial charge in [0.05, 0.1) is 11.1 Å². The predicted octanol–water partition coefficient (Wildman–Crippen LogP) is 17.0. The van der Waals surface area contributed by atoms with E-state index in [0.717, 1.165) is 11.4 Å². The second kappa shape index (κ2) is 13.1. The highest BCUT2D eigenvalue weighted by Crippen LogP contribution is 2.64. The highest BCUT2D eigenvalue weighted by molar-refractivity contribution is 7.25. The number of rotatable bonds is 4. The lowest BCUT2D eigenvalue weighted by molar-refractivity contribution is 0.794. The van der Waals surface area contributed by atoms with Crippen molar-refractivity contribution in [2.24, 2.45) is 0 Å². The van der Waals surface area contributed by atoms with E-state index in [9.17, 15) is 0 Å². The Morgan fingerprint density at radius 1 is 0.317 bits per heavy atom. The molecule has 0 amide bonds. The van der Waals surface area contributed by atoms with E-state index in [1.807, 2.05) is 11.3 Å². The fraction of sp³-hybridized carbons (Fsp3) is 0.0164. The number of thiophene rings is 1. The van der Waals surface area contributed by atoms with Gasteiger partial charge in [-0.2, -0.15) is 0 Å². The third-order valence-corrected chi connectivity index (χ3v) is 15.2. The second-order valence-electron chi connectivity index (χ2n) is 17.1. The van der Waals surface area contributed by atoms with E-state index in [1.165, 1.54) is 114 Å². The minimum absolute atomic E-state index is 0.448. The maximum Gasteiger partial charge on any atom is 0.0726 e. The van der Waals surface area contributed by atoms with Crippen LogP contribution in [0.5, 0.6) is 0 Å². The van der Waals surface area contributed by atoms with Gasteiger partial charge in [0, 0.05) is 37.1 Å². The third-order valence-electron chi connectivity index (χ3n) is 14.0.